The van der Waals surface area contributed by atoms with E-state index in [0.29, 0.717) is 5.75 Å². The highest BCUT2D eigenvalue weighted by atomic mass is 16.5. The Morgan fingerprint density at radius 2 is 1.90 bits per heavy atom. The lowest BCUT2D eigenvalue weighted by atomic mass is 10.1. The van der Waals surface area contributed by atoms with Crippen LogP contribution in [0.2, 0.25) is 0 Å². The van der Waals surface area contributed by atoms with Crippen molar-refractivity contribution in [1.82, 2.24) is 10.6 Å². The van der Waals surface area contributed by atoms with Crippen LogP contribution in [0, 0.1) is 0 Å². The first-order valence-corrected chi connectivity index (χ1v) is 6.31. The van der Waals surface area contributed by atoms with Gasteiger partial charge in [0.05, 0.1) is 13.2 Å². The van der Waals surface area contributed by atoms with Crippen molar-refractivity contribution in [3.05, 3.63) is 29.8 Å². The van der Waals surface area contributed by atoms with E-state index in [9.17, 15) is 14.7 Å². The largest absolute Gasteiger partial charge is 0.497 e. The Balaban J connectivity index is 2.71. The fraction of sp³-hybridized carbons (Fsp3) is 0.429. The van der Waals surface area contributed by atoms with Crippen molar-refractivity contribution in [3.63, 3.8) is 0 Å². The van der Waals surface area contributed by atoms with Gasteiger partial charge in [0, 0.05) is 6.42 Å². The van der Waals surface area contributed by atoms with Crippen LogP contribution in [0.3, 0.4) is 0 Å². The van der Waals surface area contributed by atoms with Gasteiger partial charge in [-0.25, -0.2) is 4.79 Å². The van der Waals surface area contributed by atoms with Crippen LogP contribution in [0.1, 0.15) is 12.5 Å². The van der Waals surface area contributed by atoms with Crippen molar-refractivity contribution >= 4 is 11.9 Å². The number of nitrogens with one attached hydrogen (secondary N) is 2. The summed E-state index contributed by atoms with van der Waals surface area (Å²) in [6.45, 7) is 1.67. The lowest BCUT2D eigenvalue weighted by Crippen LogP contribution is -2.49. The van der Waals surface area contributed by atoms with Crippen molar-refractivity contribution in [1.29, 1.82) is 0 Å². The zero-order chi connectivity index (χ0) is 15.1. The molecule has 6 heteroatoms. The molecule has 0 spiro atoms. The second kappa shape index (κ2) is 7.49. The highest BCUT2D eigenvalue weighted by Gasteiger charge is 2.22. The minimum atomic E-state index is -1.06. The van der Waals surface area contributed by atoms with Crippen LogP contribution < -0.4 is 15.4 Å². The van der Waals surface area contributed by atoms with Gasteiger partial charge < -0.3 is 20.5 Å². The van der Waals surface area contributed by atoms with E-state index < -0.39 is 18.1 Å². The molecule has 1 unspecified atom stereocenters. The highest BCUT2D eigenvalue weighted by molar-refractivity contribution is 5.86. The molecule has 6 nitrogen and oxygen atoms in total. The number of hydrogen-bond acceptors (Lipinski definition) is 4. The number of ether oxygens (including phenoxy) is 1. The number of methoxy groups -OCH3 is 1. The first-order chi connectivity index (χ1) is 9.47. The summed E-state index contributed by atoms with van der Waals surface area (Å²) in [5, 5.41) is 14.5. The summed E-state index contributed by atoms with van der Waals surface area (Å²) < 4.78 is 5.04. The third-order valence-electron chi connectivity index (χ3n) is 3.04. The minimum Gasteiger partial charge on any atom is -0.497 e. The number of benzene rings is 1. The van der Waals surface area contributed by atoms with Crippen LogP contribution in [0.4, 0.5) is 0 Å². The molecule has 110 valence electrons. The van der Waals surface area contributed by atoms with Crippen molar-refractivity contribution < 1.29 is 19.4 Å². The molecular formula is C14H20N2O4. The minimum absolute atomic E-state index is 0.224. The molecule has 1 rings (SSSR count). The van der Waals surface area contributed by atoms with Gasteiger partial charge in [0.25, 0.3) is 0 Å². The molecule has 0 fully saturated rings. The predicted octanol–water partition coefficient (Wildman–Crippen LogP) is 0.415. The van der Waals surface area contributed by atoms with Gasteiger partial charge in [0.1, 0.15) is 11.8 Å². The molecule has 0 heterocycles. The third-order valence-corrected chi connectivity index (χ3v) is 3.04. The normalized spacial score (nSPS) is 13.3. The fourth-order valence-corrected chi connectivity index (χ4v) is 1.63. The quantitative estimate of drug-likeness (QED) is 0.673. The van der Waals surface area contributed by atoms with Crippen LogP contribution in [0.25, 0.3) is 0 Å². The van der Waals surface area contributed by atoms with Crippen LogP contribution in [0.15, 0.2) is 24.3 Å². The lowest BCUT2D eigenvalue weighted by Gasteiger charge is -2.17. The van der Waals surface area contributed by atoms with Crippen LogP contribution in [-0.4, -0.2) is 43.2 Å². The van der Waals surface area contributed by atoms with E-state index in [1.165, 1.54) is 0 Å². The number of likely N-dealkylation sites (N-methyl/N-ethyl adjacent to an activating group) is 1. The average Bonchev–Trinajstić information content (AvgIpc) is 2.46. The van der Waals surface area contributed by atoms with Crippen LogP contribution >= 0.6 is 0 Å². The predicted molar refractivity (Wildman–Crippen MR) is 74.8 cm³/mol. The lowest BCUT2D eigenvalue weighted by molar-refractivity contribution is -0.142. The summed E-state index contributed by atoms with van der Waals surface area (Å²) in [7, 11) is 3.21. The molecule has 0 saturated carbocycles. The summed E-state index contributed by atoms with van der Waals surface area (Å²) in [4.78, 5) is 22.9. The summed E-state index contributed by atoms with van der Waals surface area (Å²) in [5.41, 5.74) is 0.815. The van der Waals surface area contributed by atoms with Gasteiger partial charge >= 0.3 is 5.97 Å². The molecule has 0 aromatic heterocycles. The maximum atomic E-state index is 11.7. The molecule has 3 N–H and O–H groups in total. The first kappa shape index (κ1) is 16.0. The van der Waals surface area contributed by atoms with E-state index in [1.54, 1.807) is 45.3 Å². The molecule has 0 saturated heterocycles. The van der Waals surface area contributed by atoms with Gasteiger partial charge in [-0.3, -0.25) is 4.79 Å². The van der Waals surface area contributed by atoms with Gasteiger partial charge in [-0.2, -0.15) is 0 Å². The maximum absolute atomic E-state index is 11.7. The first-order valence-electron chi connectivity index (χ1n) is 6.31. The van der Waals surface area contributed by atoms with Crippen molar-refractivity contribution in [2.45, 2.75) is 25.4 Å². The zero-order valence-corrected chi connectivity index (χ0v) is 11.8. The summed E-state index contributed by atoms with van der Waals surface area (Å²) >= 11 is 0. The molecule has 0 bridgehead atoms. The maximum Gasteiger partial charge on any atom is 0.326 e. The number of carboxylic acid groups (broad SMARTS) is 1. The topological polar surface area (TPSA) is 87.7 Å². The Morgan fingerprint density at radius 3 is 2.35 bits per heavy atom. The molecule has 0 aliphatic heterocycles. The summed E-state index contributed by atoms with van der Waals surface area (Å²) in [6, 6.07) is 5.68. The number of hydrogen-bond donors (Lipinski definition) is 3. The Labute approximate surface area is 118 Å². The van der Waals surface area contributed by atoms with Gasteiger partial charge in [0.15, 0.2) is 0 Å². The molecule has 2 atom stereocenters. The second-order valence-corrected chi connectivity index (χ2v) is 4.46. The van der Waals surface area contributed by atoms with E-state index in [0.717, 1.165) is 5.56 Å². The smallest absolute Gasteiger partial charge is 0.326 e. The summed E-state index contributed by atoms with van der Waals surface area (Å²) in [6.07, 6.45) is 0.224. The van der Waals surface area contributed by atoms with Gasteiger partial charge in [-0.1, -0.05) is 12.1 Å². The van der Waals surface area contributed by atoms with E-state index in [1.807, 2.05) is 0 Å². The average molecular weight is 280 g/mol. The number of rotatable bonds is 7. The fourth-order valence-electron chi connectivity index (χ4n) is 1.63. The number of carbonyl (C=O) groups excluding carboxylic acids is 1. The zero-order valence-electron chi connectivity index (χ0n) is 11.8. The number of amides is 1. The molecule has 1 aromatic carbocycles. The molecule has 1 amide bonds. The van der Waals surface area contributed by atoms with Gasteiger partial charge in [-0.15, -0.1) is 0 Å². The number of carboxylic acids is 1. The highest BCUT2D eigenvalue weighted by Crippen LogP contribution is 2.12. The molecule has 0 radical (unpaired) electrons. The van der Waals surface area contributed by atoms with Crippen molar-refractivity contribution in [2.75, 3.05) is 14.2 Å². The van der Waals surface area contributed by atoms with Gasteiger partial charge in [0.2, 0.25) is 5.91 Å². The molecule has 20 heavy (non-hydrogen) atoms. The Hall–Kier alpha value is -2.08. The van der Waals surface area contributed by atoms with E-state index in [4.69, 9.17) is 4.74 Å². The van der Waals surface area contributed by atoms with Crippen LogP contribution in [0.5, 0.6) is 5.75 Å². The van der Waals surface area contributed by atoms with E-state index in [-0.39, 0.29) is 12.3 Å². The standard InChI is InChI=1S/C14H20N2O4/c1-9(15-2)13(17)16-12(14(18)19)8-10-4-6-11(20-3)7-5-10/h4-7,9,12,15H,8H2,1-3H3,(H,16,17)(H,18,19)/t9-,12?/m0/s1. The van der Waals surface area contributed by atoms with Gasteiger partial charge in [-0.05, 0) is 31.7 Å². The SMILES string of the molecule is CN[C@@H](C)C(=O)NC(Cc1ccc(OC)cc1)C(=O)O. The monoisotopic (exact) mass is 280 g/mol. The Bertz CT molecular complexity index is 459. The number of carbonyl (C=O) groups is 2. The Morgan fingerprint density at radius 1 is 1.30 bits per heavy atom. The molecule has 0 aliphatic rings. The molecule has 1 aromatic rings. The molecular weight excluding hydrogens is 260 g/mol. The number of aliphatic carboxylic acids is 1. The van der Waals surface area contributed by atoms with Crippen LogP contribution in [-0.2, 0) is 16.0 Å². The van der Waals surface area contributed by atoms with E-state index >= 15 is 0 Å². The van der Waals surface area contributed by atoms with Crippen molar-refractivity contribution in [3.8, 4) is 5.75 Å². The Kier molecular flexibility index (Phi) is 5.99. The van der Waals surface area contributed by atoms with E-state index in [2.05, 4.69) is 10.6 Å². The third kappa shape index (κ3) is 4.55. The second-order valence-electron chi connectivity index (χ2n) is 4.46. The summed E-state index contributed by atoms with van der Waals surface area (Å²) in [5.74, 6) is -0.695. The molecule has 0 aliphatic carbocycles. The van der Waals surface area contributed by atoms with Crippen molar-refractivity contribution in [2.24, 2.45) is 0 Å².